The van der Waals surface area contributed by atoms with Gasteiger partial charge in [-0.1, -0.05) is 6.92 Å². The number of hydrogen-bond acceptors (Lipinski definition) is 4. The van der Waals surface area contributed by atoms with Crippen LogP contribution < -0.4 is 5.73 Å². The second-order valence-electron chi connectivity index (χ2n) is 4.79. The highest BCUT2D eigenvalue weighted by Crippen LogP contribution is 2.13. The Hall–Kier alpha value is -2.01. The van der Waals surface area contributed by atoms with E-state index in [1.807, 2.05) is 13.0 Å². The van der Waals surface area contributed by atoms with Crippen LogP contribution in [0.2, 0.25) is 0 Å². The molecule has 2 rings (SSSR count). The third-order valence-electron chi connectivity index (χ3n) is 3.05. The van der Waals surface area contributed by atoms with Crippen molar-refractivity contribution in [3.8, 4) is 0 Å². The number of hydrogen-bond donors (Lipinski definition) is 1. The zero-order valence-corrected chi connectivity index (χ0v) is 11.2. The van der Waals surface area contributed by atoms with Crippen molar-refractivity contribution in [2.24, 2.45) is 11.7 Å². The molecule has 0 saturated carbocycles. The molecule has 2 aromatic rings. The topological polar surface area (TPSA) is 72.1 Å². The molecule has 2 N–H and O–H groups in total. The quantitative estimate of drug-likeness (QED) is 0.897. The maximum Gasteiger partial charge on any atom is 0.253 e. The first kappa shape index (κ1) is 13.4. The fourth-order valence-electron chi connectivity index (χ4n) is 1.94. The number of carbonyl (C=O) groups is 1. The molecule has 0 fully saturated rings. The fourth-order valence-corrected chi connectivity index (χ4v) is 1.94. The molecule has 0 aliphatic rings. The van der Waals surface area contributed by atoms with Crippen molar-refractivity contribution in [1.29, 1.82) is 0 Å². The number of benzene rings is 1. The zero-order valence-electron chi connectivity index (χ0n) is 11.2. The van der Waals surface area contributed by atoms with Crippen LogP contribution in [0.4, 0.5) is 0 Å². The molecule has 5 heteroatoms. The second kappa shape index (κ2) is 5.75. The highest BCUT2D eigenvalue weighted by molar-refractivity contribution is 5.97. The number of carbonyl (C=O) groups excluding carboxylic acids is 1. The molecule has 1 unspecified atom stereocenters. The Morgan fingerprint density at radius 2 is 2.00 bits per heavy atom. The Bertz CT molecular complexity index is 584. The van der Waals surface area contributed by atoms with Gasteiger partial charge in [-0.3, -0.25) is 14.8 Å². The molecule has 0 aliphatic carbocycles. The summed E-state index contributed by atoms with van der Waals surface area (Å²) in [4.78, 5) is 22.4. The number of nitrogens with zero attached hydrogens (tertiary/aromatic N) is 3. The minimum atomic E-state index is -0.0205. The molecule has 1 heterocycles. The van der Waals surface area contributed by atoms with Crippen molar-refractivity contribution >= 4 is 16.9 Å². The number of nitrogens with two attached hydrogens (primary N) is 1. The molecule has 0 saturated heterocycles. The van der Waals surface area contributed by atoms with Gasteiger partial charge in [0.15, 0.2) is 0 Å². The molecule has 0 spiro atoms. The minimum Gasteiger partial charge on any atom is -0.341 e. The molecular weight excluding hydrogens is 240 g/mol. The minimum absolute atomic E-state index is 0.0205. The van der Waals surface area contributed by atoms with E-state index in [0.29, 0.717) is 18.7 Å². The maximum absolute atomic E-state index is 12.3. The molecular formula is C14H18N4O. The largest absolute Gasteiger partial charge is 0.341 e. The van der Waals surface area contributed by atoms with E-state index in [1.54, 1.807) is 36.5 Å². The molecule has 100 valence electrons. The number of amides is 1. The lowest BCUT2D eigenvalue weighted by molar-refractivity contribution is 0.0777. The van der Waals surface area contributed by atoms with Crippen LogP contribution in [-0.2, 0) is 0 Å². The molecule has 0 radical (unpaired) electrons. The summed E-state index contributed by atoms with van der Waals surface area (Å²) < 4.78 is 0. The predicted molar refractivity (Wildman–Crippen MR) is 74.7 cm³/mol. The van der Waals surface area contributed by atoms with Crippen LogP contribution in [0.5, 0.6) is 0 Å². The third kappa shape index (κ3) is 3.06. The molecule has 1 aromatic heterocycles. The normalized spacial score (nSPS) is 12.4. The van der Waals surface area contributed by atoms with E-state index in [4.69, 9.17) is 5.73 Å². The first-order valence-electron chi connectivity index (χ1n) is 6.28. The Balaban J connectivity index is 2.21. The summed E-state index contributed by atoms with van der Waals surface area (Å²) in [6.45, 7) is 3.24. The third-order valence-corrected chi connectivity index (χ3v) is 3.05. The van der Waals surface area contributed by atoms with Crippen molar-refractivity contribution in [1.82, 2.24) is 14.9 Å². The maximum atomic E-state index is 12.3. The van der Waals surface area contributed by atoms with Gasteiger partial charge in [-0.25, -0.2) is 0 Å². The lowest BCUT2D eigenvalue weighted by Gasteiger charge is -2.20. The van der Waals surface area contributed by atoms with Gasteiger partial charge in [-0.15, -0.1) is 0 Å². The van der Waals surface area contributed by atoms with Crippen LogP contribution in [0.15, 0.2) is 30.6 Å². The highest BCUT2D eigenvalue weighted by Gasteiger charge is 2.14. The summed E-state index contributed by atoms with van der Waals surface area (Å²) in [5.41, 5.74) is 7.72. The number of fused-ring (bicyclic) bond motifs is 1. The van der Waals surface area contributed by atoms with Crippen LogP contribution >= 0.6 is 0 Å². The molecule has 5 nitrogen and oxygen atoms in total. The van der Waals surface area contributed by atoms with E-state index < -0.39 is 0 Å². The predicted octanol–water partition coefficient (Wildman–Crippen LogP) is 1.30. The molecule has 0 bridgehead atoms. The van der Waals surface area contributed by atoms with Crippen molar-refractivity contribution < 1.29 is 4.79 Å². The molecule has 1 amide bonds. The van der Waals surface area contributed by atoms with Crippen LogP contribution in [0.25, 0.3) is 11.0 Å². The van der Waals surface area contributed by atoms with E-state index in [-0.39, 0.29) is 11.8 Å². The van der Waals surface area contributed by atoms with Crippen molar-refractivity contribution in [2.75, 3.05) is 20.1 Å². The van der Waals surface area contributed by atoms with Gasteiger partial charge in [0, 0.05) is 31.5 Å². The molecule has 1 atom stereocenters. The lowest BCUT2D eigenvalue weighted by Crippen LogP contribution is -2.33. The van der Waals surface area contributed by atoms with Gasteiger partial charge in [-0.2, -0.15) is 0 Å². The second-order valence-corrected chi connectivity index (χ2v) is 4.79. The summed E-state index contributed by atoms with van der Waals surface area (Å²) in [6, 6.07) is 5.37. The van der Waals surface area contributed by atoms with Gasteiger partial charge >= 0.3 is 0 Å². The smallest absolute Gasteiger partial charge is 0.253 e. The van der Waals surface area contributed by atoms with Gasteiger partial charge in [0.2, 0.25) is 0 Å². The van der Waals surface area contributed by atoms with E-state index in [0.717, 1.165) is 11.0 Å². The number of rotatable bonds is 4. The fraction of sp³-hybridized carbons (Fsp3) is 0.357. The van der Waals surface area contributed by atoms with Gasteiger partial charge in [0.1, 0.15) is 0 Å². The summed E-state index contributed by atoms with van der Waals surface area (Å²) in [6.07, 6.45) is 3.26. The highest BCUT2D eigenvalue weighted by atomic mass is 16.2. The van der Waals surface area contributed by atoms with E-state index in [1.165, 1.54) is 0 Å². The number of aromatic nitrogens is 2. The first-order chi connectivity index (χ1) is 9.11. The van der Waals surface area contributed by atoms with Crippen molar-refractivity contribution in [2.45, 2.75) is 6.92 Å². The molecule has 1 aromatic carbocycles. The van der Waals surface area contributed by atoms with Crippen LogP contribution in [0.3, 0.4) is 0 Å². The van der Waals surface area contributed by atoms with Gasteiger partial charge < -0.3 is 10.6 Å². The van der Waals surface area contributed by atoms with Crippen molar-refractivity contribution in [3.05, 3.63) is 36.2 Å². The summed E-state index contributed by atoms with van der Waals surface area (Å²) in [7, 11) is 1.79. The van der Waals surface area contributed by atoms with Crippen LogP contribution in [0, 0.1) is 5.92 Å². The van der Waals surface area contributed by atoms with Gasteiger partial charge in [-0.05, 0) is 30.7 Å². The Morgan fingerprint density at radius 3 is 2.68 bits per heavy atom. The average Bonchev–Trinajstić information content (AvgIpc) is 2.45. The van der Waals surface area contributed by atoms with E-state index >= 15 is 0 Å². The van der Waals surface area contributed by atoms with Crippen LogP contribution in [0.1, 0.15) is 17.3 Å². The average molecular weight is 258 g/mol. The summed E-state index contributed by atoms with van der Waals surface area (Å²) in [5.74, 6) is 0.266. The van der Waals surface area contributed by atoms with Crippen molar-refractivity contribution in [3.63, 3.8) is 0 Å². The Kier molecular flexibility index (Phi) is 4.06. The monoisotopic (exact) mass is 258 g/mol. The zero-order chi connectivity index (χ0) is 13.8. The standard InChI is InChI=1S/C14H18N4O/c1-10(8-15)9-18(2)14(19)11-3-4-12-13(7-11)17-6-5-16-12/h3-7,10H,8-9,15H2,1-2H3. The first-order valence-corrected chi connectivity index (χ1v) is 6.28. The SMILES string of the molecule is CC(CN)CN(C)C(=O)c1ccc2nccnc2c1. The Labute approximate surface area is 112 Å². The molecule has 0 aliphatic heterocycles. The molecule has 19 heavy (non-hydrogen) atoms. The van der Waals surface area contributed by atoms with E-state index in [9.17, 15) is 4.79 Å². The van der Waals surface area contributed by atoms with E-state index in [2.05, 4.69) is 9.97 Å². The summed E-state index contributed by atoms with van der Waals surface area (Å²) in [5, 5.41) is 0. The van der Waals surface area contributed by atoms with Crippen LogP contribution in [-0.4, -0.2) is 40.9 Å². The summed E-state index contributed by atoms with van der Waals surface area (Å²) >= 11 is 0. The van der Waals surface area contributed by atoms with Gasteiger partial charge in [0.05, 0.1) is 11.0 Å². The van der Waals surface area contributed by atoms with Gasteiger partial charge in [0.25, 0.3) is 5.91 Å². The Morgan fingerprint density at radius 1 is 1.32 bits per heavy atom. The lowest BCUT2D eigenvalue weighted by atomic mass is 10.1.